The molecule has 1 saturated heterocycles. The van der Waals surface area contributed by atoms with Gasteiger partial charge >= 0.3 is 0 Å². The van der Waals surface area contributed by atoms with Crippen LogP contribution < -0.4 is 5.32 Å². The molecule has 0 bridgehead atoms. The smallest absolute Gasteiger partial charge is 0.0136 e. The Hall–Kier alpha value is -0.0800. The van der Waals surface area contributed by atoms with Gasteiger partial charge < -0.3 is 10.2 Å². The van der Waals surface area contributed by atoms with Crippen molar-refractivity contribution >= 4 is 0 Å². The van der Waals surface area contributed by atoms with Crippen LogP contribution >= 0.6 is 0 Å². The van der Waals surface area contributed by atoms with E-state index in [1.807, 2.05) is 0 Å². The number of nitrogens with one attached hydrogen (secondary N) is 1. The third kappa shape index (κ3) is 4.46. The van der Waals surface area contributed by atoms with Crippen LogP contribution in [-0.4, -0.2) is 37.1 Å². The first-order chi connectivity index (χ1) is 9.35. The molecule has 2 fully saturated rings. The molecule has 2 nitrogen and oxygen atoms in total. The fraction of sp³-hybridized carbons (Fsp3) is 1.00. The molecule has 2 heteroatoms. The summed E-state index contributed by atoms with van der Waals surface area (Å²) in [6.07, 6.45) is 11.4. The summed E-state index contributed by atoms with van der Waals surface area (Å²) in [5.41, 5.74) is 0. The Kier molecular flexibility index (Phi) is 6.66. The van der Waals surface area contributed by atoms with Gasteiger partial charge in [-0.25, -0.2) is 0 Å². The van der Waals surface area contributed by atoms with Gasteiger partial charge in [0.2, 0.25) is 0 Å². The Morgan fingerprint density at radius 2 is 1.89 bits per heavy atom. The first-order valence-corrected chi connectivity index (χ1v) is 8.79. The van der Waals surface area contributed by atoms with Crippen LogP contribution in [0.3, 0.4) is 0 Å². The number of hydrogen-bond acceptors (Lipinski definition) is 2. The molecule has 3 atom stereocenters. The van der Waals surface area contributed by atoms with Gasteiger partial charge in [-0.05, 0) is 76.5 Å². The van der Waals surface area contributed by atoms with Crippen molar-refractivity contribution in [2.24, 2.45) is 11.8 Å². The molecule has 0 radical (unpaired) electrons. The van der Waals surface area contributed by atoms with E-state index >= 15 is 0 Å². The standard InChI is InChI=1S/C17H34N2/c1-3-6-15-7-5-12-19(13-10-15)17-9-8-16(17)14-18-11-4-2/h15-18H,3-14H2,1-2H3. The summed E-state index contributed by atoms with van der Waals surface area (Å²) in [6, 6.07) is 0.907. The van der Waals surface area contributed by atoms with Gasteiger partial charge in [0, 0.05) is 6.04 Å². The van der Waals surface area contributed by atoms with Crippen LogP contribution in [0.25, 0.3) is 0 Å². The van der Waals surface area contributed by atoms with Crippen molar-refractivity contribution in [1.82, 2.24) is 10.2 Å². The molecular weight excluding hydrogens is 232 g/mol. The lowest BCUT2D eigenvalue weighted by molar-refractivity contribution is 0.0638. The molecule has 2 rings (SSSR count). The maximum absolute atomic E-state index is 3.62. The highest BCUT2D eigenvalue weighted by Crippen LogP contribution is 2.34. The third-order valence-corrected chi connectivity index (χ3v) is 5.26. The summed E-state index contributed by atoms with van der Waals surface area (Å²) < 4.78 is 0. The second-order valence-electron chi connectivity index (χ2n) is 6.73. The average Bonchev–Trinajstić information content (AvgIpc) is 2.60. The van der Waals surface area contributed by atoms with Crippen LogP contribution in [0.2, 0.25) is 0 Å². The minimum Gasteiger partial charge on any atom is -0.316 e. The molecule has 2 aliphatic rings. The normalized spacial score (nSPS) is 32.8. The fourth-order valence-corrected chi connectivity index (χ4v) is 3.95. The Bertz CT molecular complexity index is 241. The SMILES string of the molecule is CCCNCC1CCC1N1CCCC(CCC)CC1. The van der Waals surface area contributed by atoms with Gasteiger partial charge in [0.1, 0.15) is 0 Å². The lowest BCUT2D eigenvalue weighted by Gasteiger charge is -2.44. The molecular formula is C17H34N2. The van der Waals surface area contributed by atoms with Crippen LogP contribution in [0.15, 0.2) is 0 Å². The minimum atomic E-state index is 0.907. The molecule has 0 aromatic carbocycles. The van der Waals surface area contributed by atoms with E-state index in [9.17, 15) is 0 Å². The molecule has 0 spiro atoms. The van der Waals surface area contributed by atoms with Crippen LogP contribution in [0, 0.1) is 11.8 Å². The van der Waals surface area contributed by atoms with Crippen molar-refractivity contribution < 1.29 is 0 Å². The third-order valence-electron chi connectivity index (χ3n) is 5.26. The average molecular weight is 266 g/mol. The number of hydrogen-bond donors (Lipinski definition) is 1. The van der Waals surface area contributed by atoms with Crippen molar-refractivity contribution in [2.45, 2.75) is 71.3 Å². The van der Waals surface area contributed by atoms with E-state index in [1.165, 1.54) is 77.5 Å². The van der Waals surface area contributed by atoms with Gasteiger partial charge in [0.15, 0.2) is 0 Å². The molecule has 1 saturated carbocycles. The van der Waals surface area contributed by atoms with Gasteiger partial charge in [-0.2, -0.15) is 0 Å². The second kappa shape index (κ2) is 8.26. The maximum atomic E-state index is 3.62. The molecule has 1 aliphatic carbocycles. The Morgan fingerprint density at radius 1 is 1.00 bits per heavy atom. The zero-order valence-corrected chi connectivity index (χ0v) is 13.2. The first kappa shape index (κ1) is 15.3. The van der Waals surface area contributed by atoms with Gasteiger partial charge in [-0.15, -0.1) is 0 Å². The van der Waals surface area contributed by atoms with Gasteiger partial charge in [0.25, 0.3) is 0 Å². The monoisotopic (exact) mass is 266 g/mol. The molecule has 0 amide bonds. The van der Waals surface area contributed by atoms with E-state index in [0.717, 1.165) is 17.9 Å². The zero-order chi connectivity index (χ0) is 13.5. The highest BCUT2D eigenvalue weighted by atomic mass is 15.2. The van der Waals surface area contributed by atoms with Crippen LogP contribution in [0.1, 0.15) is 65.2 Å². The van der Waals surface area contributed by atoms with Crippen LogP contribution in [-0.2, 0) is 0 Å². The van der Waals surface area contributed by atoms with Crippen LogP contribution in [0.5, 0.6) is 0 Å². The molecule has 1 N–H and O–H groups in total. The molecule has 1 aliphatic heterocycles. The lowest BCUT2D eigenvalue weighted by Crippen LogP contribution is -2.50. The van der Waals surface area contributed by atoms with Crippen molar-refractivity contribution in [3.8, 4) is 0 Å². The van der Waals surface area contributed by atoms with E-state index in [4.69, 9.17) is 0 Å². The van der Waals surface area contributed by atoms with Crippen molar-refractivity contribution in [2.75, 3.05) is 26.2 Å². The molecule has 19 heavy (non-hydrogen) atoms. The van der Waals surface area contributed by atoms with Gasteiger partial charge in [-0.3, -0.25) is 0 Å². The highest BCUT2D eigenvalue weighted by Gasteiger charge is 2.35. The van der Waals surface area contributed by atoms with Gasteiger partial charge in [-0.1, -0.05) is 26.7 Å². The molecule has 0 aromatic heterocycles. The Labute approximate surface area is 120 Å². The number of nitrogens with zero attached hydrogens (tertiary/aromatic N) is 1. The highest BCUT2D eigenvalue weighted by molar-refractivity contribution is 4.91. The largest absolute Gasteiger partial charge is 0.316 e. The molecule has 112 valence electrons. The van der Waals surface area contributed by atoms with E-state index in [-0.39, 0.29) is 0 Å². The second-order valence-corrected chi connectivity index (χ2v) is 6.73. The van der Waals surface area contributed by atoms with Crippen molar-refractivity contribution in [3.63, 3.8) is 0 Å². The lowest BCUT2D eigenvalue weighted by atomic mass is 9.78. The zero-order valence-electron chi connectivity index (χ0n) is 13.2. The summed E-state index contributed by atoms with van der Waals surface area (Å²) in [6.45, 7) is 9.79. The van der Waals surface area contributed by atoms with Crippen molar-refractivity contribution in [3.05, 3.63) is 0 Å². The summed E-state index contributed by atoms with van der Waals surface area (Å²) in [4.78, 5) is 2.83. The molecule has 0 aromatic rings. The van der Waals surface area contributed by atoms with Crippen LogP contribution in [0.4, 0.5) is 0 Å². The predicted molar refractivity (Wildman–Crippen MR) is 83.5 cm³/mol. The molecule has 3 unspecified atom stereocenters. The fourth-order valence-electron chi connectivity index (χ4n) is 3.95. The topological polar surface area (TPSA) is 15.3 Å². The van der Waals surface area contributed by atoms with E-state index in [0.29, 0.717) is 0 Å². The van der Waals surface area contributed by atoms with Crippen molar-refractivity contribution in [1.29, 1.82) is 0 Å². The Morgan fingerprint density at radius 3 is 2.58 bits per heavy atom. The Balaban J connectivity index is 1.72. The summed E-state index contributed by atoms with van der Waals surface area (Å²) in [5, 5.41) is 3.62. The van der Waals surface area contributed by atoms with Gasteiger partial charge in [0.05, 0.1) is 0 Å². The summed E-state index contributed by atoms with van der Waals surface area (Å²) >= 11 is 0. The number of rotatable bonds is 7. The van der Waals surface area contributed by atoms with E-state index in [1.54, 1.807) is 0 Å². The first-order valence-electron chi connectivity index (χ1n) is 8.79. The summed E-state index contributed by atoms with van der Waals surface area (Å²) in [7, 11) is 0. The number of likely N-dealkylation sites (tertiary alicyclic amines) is 1. The van der Waals surface area contributed by atoms with E-state index < -0.39 is 0 Å². The summed E-state index contributed by atoms with van der Waals surface area (Å²) in [5.74, 6) is 1.96. The predicted octanol–water partition coefficient (Wildman–Crippen LogP) is 3.67. The quantitative estimate of drug-likeness (QED) is 0.707. The minimum absolute atomic E-state index is 0.907. The maximum Gasteiger partial charge on any atom is 0.0136 e. The molecule has 1 heterocycles. The van der Waals surface area contributed by atoms with E-state index in [2.05, 4.69) is 24.1 Å².